The van der Waals surface area contributed by atoms with Crippen molar-refractivity contribution < 1.29 is 9.18 Å². The highest BCUT2D eigenvalue weighted by atomic mass is 19.1. The number of rotatable bonds is 3. The molecule has 3 rings (SSSR count). The Balaban J connectivity index is 1.82. The molecule has 1 heterocycles. The topological polar surface area (TPSA) is 72.9 Å². The van der Waals surface area contributed by atoms with Crippen LogP contribution in [0.3, 0.4) is 0 Å². The van der Waals surface area contributed by atoms with Crippen molar-refractivity contribution in [1.82, 2.24) is 9.55 Å². The lowest BCUT2D eigenvalue weighted by Crippen LogP contribution is -2.16. The molecule has 0 aliphatic carbocycles. The van der Waals surface area contributed by atoms with Gasteiger partial charge in [0.05, 0.1) is 17.6 Å². The zero-order valence-electron chi connectivity index (χ0n) is 13.4. The smallest absolute Gasteiger partial charge is 0.260 e. The molecule has 0 radical (unpaired) electrons. The standard InChI is InChI=1S/C18H17FN4O/c1-11-12(2)23(10-21-11)14-8-6-13(7-9-14)22-18(24)17-15(19)4-3-5-16(17)20/h3-10H,20H2,1-2H3,(H,22,24). The lowest BCUT2D eigenvalue weighted by Gasteiger charge is -2.10. The fraction of sp³-hybridized carbons (Fsp3) is 0.111. The average molecular weight is 324 g/mol. The van der Waals surface area contributed by atoms with Crippen LogP contribution >= 0.6 is 0 Å². The number of carbonyl (C=O) groups excluding carboxylic acids is 1. The lowest BCUT2D eigenvalue weighted by molar-refractivity contribution is 0.102. The van der Waals surface area contributed by atoms with E-state index in [0.29, 0.717) is 5.69 Å². The van der Waals surface area contributed by atoms with Gasteiger partial charge in [-0.15, -0.1) is 0 Å². The highest BCUT2D eigenvalue weighted by molar-refractivity contribution is 6.07. The number of amides is 1. The molecule has 6 heteroatoms. The van der Waals surface area contributed by atoms with Gasteiger partial charge >= 0.3 is 0 Å². The molecule has 2 aromatic carbocycles. The molecule has 1 aromatic heterocycles. The van der Waals surface area contributed by atoms with E-state index in [0.717, 1.165) is 17.1 Å². The van der Waals surface area contributed by atoms with Crippen LogP contribution in [0.1, 0.15) is 21.7 Å². The van der Waals surface area contributed by atoms with Gasteiger partial charge in [-0.25, -0.2) is 9.37 Å². The predicted molar refractivity (Wildman–Crippen MR) is 91.8 cm³/mol. The second-order valence-corrected chi connectivity index (χ2v) is 5.49. The largest absolute Gasteiger partial charge is 0.398 e. The summed E-state index contributed by atoms with van der Waals surface area (Å²) in [6.45, 7) is 3.93. The van der Waals surface area contributed by atoms with Crippen LogP contribution in [0, 0.1) is 19.7 Å². The number of carbonyl (C=O) groups is 1. The molecule has 0 aliphatic rings. The fourth-order valence-corrected chi connectivity index (χ4v) is 2.44. The molecule has 0 spiro atoms. The van der Waals surface area contributed by atoms with Gasteiger partial charge in [0.15, 0.2) is 0 Å². The molecule has 5 nitrogen and oxygen atoms in total. The molecular weight excluding hydrogens is 307 g/mol. The summed E-state index contributed by atoms with van der Waals surface area (Å²) in [6, 6.07) is 11.4. The van der Waals surface area contributed by atoms with Crippen molar-refractivity contribution in [1.29, 1.82) is 0 Å². The van der Waals surface area contributed by atoms with E-state index in [1.807, 2.05) is 30.5 Å². The van der Waals surface area contributed by atoms with E-state index >= 15 is 0 Å². The van der Waals surface area contributed by atoms with Gasteiger partial charge < -0.3 is 15.6 Å². The number of nitrogens with one attached hydrogen (secondary N) is 1. The molecule has 1 amide bonds. The number of nitrogens with two attached hydrogens (primary N) is 1. The number of hydrogen-bond donors (Lipinski definition) is 2. The molecule has 0 fully saturated rings. The molecule has 3 N–H and O–H groups in total. The molecule has 122 valence electrons. The summed E-state index contributed by atoms with van der Waals surface area (Å²) in [5.74, 6) is -1.22. The number of halogens is 1. The van der Waals surface area contributed by atoms with Crippen LogP contribution in [0.2, 0.25) is 0 Å². The SMILES string of the molecule is Cc1ncn(-c2ccc(NC(=O)c3c(N)cccc3F)cc2)c1C. The Morgan fingerprint density at radius 3 is 2.46 bits per heavy atom. The van der Waals surface area contributed by atoms with E-state index in [1.54, 1.807) is 18.5 Å². The highest BCUT2D eigenvalue weighted by Gasteiger charge is 2.15. The summed E-state index contributed by atoms with van der Waals surface area (Å²) in [5, 5.41) is 2.65. The van der Waals surface area contributed by atoms with Crippen LogP contribution in [0.5, 0.6) is 0 Å². The third kappa shape index (κ3) is 2.86. The summed E-state index contributed by atoms with van der Waals surface area (Å²) in [5.41, 5.74) is 9.13. The molecule has 0 atom stereocenters. The van der Waals surface area contributed by atoms with Crippen LogP contribution in [-0.4, -0.2) is 15.5 Å². The van der Waals surface area contributed by atoms with Crippen LogP contribution in [0.15, 0.2) is 48.8 Å². The van der Waals surface area contributed by atoms with Gasteiger partial charge in [0.1, 0.15) is 5.82 Å². The van der Waals surface area contributed by atoms with Gasteiger partial charge in [-0.1, -0.05) is 6.07 Å². The molecule has 0 unspecified atom stereocenters. The Morgan fingerprint density at radius 2 is 1.88 bits per heavy atom. The third-order valence-electron chi connectivity index (χ3n) is 3.93. The first-order chi connectivity index (χ1) is 11.5. The van der Waals surface area contributed by atoms with E-state index < -0.39 is 11.7 Å². The minimum Gasteiger partial charge on any atom is -0.398 e. The monoisotopic (exact) mass is 324 g/mol. The summed E-state index contributed by atoms with van der Waals surface area (Å²) >= 11 is 0. The van der Waals surface area contributed by atoms with Crippen molar-refractivity contribution in [3.05, 3.63) is 71.6 Å². The van der Waals surface area contributed by atoms with Crippen molar-refractivity contribution in [2.45, 2.75) is 13.8 Å². The number of aryl methyl sites for hydroxylation is 1. The molecule has 3 aromatic rings. The number of nitrogen functional groups attached to an aromatic ring is 1. The van der Waals surface area contributed by atoms with E-state index in [1.165, 1.54) is 18.2 Å². The Hall–Kier alpha value is -3.15. The quantitative estimate of drug-likeness (QED) is 0.725. The van der Waals surface area contributed by atoms with Crippen LogP contribution < -0.4 is 11.1 Å². The van der Waals surface area contributed by atoms with Crippen LogP contribution in [0.4, 0.5) is 15.8 Å². The lowest BCUT2D eigenvalue weighted by atomic mass is 10.1. The minimum atomic E-state index is -0.645. The molecule has 0 saturated carbocycles. The minimum absolute atomic E-state index is 0.105. The predicted octanol–water partition coefficient (Wildman–Crippen LogP) is 3.46. The van der Waals surface area contributed by atoms with E-state index in [4.69, 9.17) is 5.73 Å². The maximum Gasteiger partial charge on any atom is 0.260 e. The van der Waals surface area contributed by atoms with E-state index in [9.17, 15) is 9.18 Å². The van der Waals surface area contributed by atoms with Gasteiger partial charge in [0.25, 0.3) is 5.91 Å². The first-order valence-electron chi connectivity index (χ1n) is 7.43. The second kappa shape index (κ2) is 6.16. The molecule has 24 heavy (non-hydrogen) atoms. The maximum atomic E-state index is 13.8. The fourth-order valence-electron chi connectivity index (χ4n) is 2.44. The Morgan fingerprint density at radius 1 is 1.17 bits per heavy atom. The zero-order chi connectivity index (χ0) is 17.3. The Labute approximate surface area is 138 Å². The highest BCUT2D eigenvalue weighted by Crippen LogP contribution is 2.20. The van der Waals surface area contributed by atoms with Gasteiger partial charge in [0, 0.05) is 22.8 Å². The molecular formula is C18H17FN4O. The summed E-state index contributed by atoms with van der Waals surface area (Å²) in [7, 11) is 0. The second-order valence-electron chi connectivity index (χ2n) is 5.49. The van der Waals surface area contributed by atoms with E-state index in [2.05, 4.69) is 10.3 Å². The van der Waals surface area contributed by atoms with Gasteiger partial charge in [-0.3, -0.25) is 4.79 Å². The molecule has 0 saturated heterocycles. The number of benzene rings is 2. The van der Waals surface area contributed by atoms with Crippen LogP contribution in [-0.2, 0) is 0 Å². The third-order valence-corrected chi connectivity index (χ3v) is 3.93. The van der Waals surface area contributed by atoms with Crippen molar-refractivity contribution in [3.8, 4) is 5.69 Å². The number of nitrogens with zero attached hydrogens (tertiary/aromatic N) is 2. The van der Waals surface area contributed by atoms with Crippen molar-refractivity contribution in [2.75, 3.05) is 11.1 Å². The van der Waals surface area contributed by atoms with Gasteiger partial charge in [-0.2, -0.15) is 0 Å². The number of imidazole rings is 1. The summed E-state index contributed by atoms with van der Waals surface area (Å²) in [4.78, 5) is 16.5. The number of hydrogen-bond acceptors (Lipinski definition) is 3. The van der Waals surface area contributed by atoms with Gasteiger partial charge in [-0.05, 0) is 50.2 Å². The van der Waals surface area contributed by atoms with Crippen molar-refractivity contribution >= 4 is 17.3 Å². The van der Waals surface area contributed by atoms with E-state index in [-0.39, 0.29) is 11.3 Å². The first kappa shape index (κ1) is 15.7. The first-order valence-corrected chi connectivity index (χ1v) is 7.43. The molecule has 0 aliphatic heterocycles. The Bertz CT molecular complexity index is 880. The zero-order valence-corrected chi connectivity index (χ0v) is 13.4. The number of anilines is 2. The van der Waals surface area contributed by atoms with Crippen molar-refractivity contribution in [3.63, 3.8) is 0 Å². The average Bonchev–Trinajstić information content (AvgIpc) is 2.88. The van der Waals surface area contributed by atoms with Crippen LogP contribution in [0.25, 0.3) is 5.69 Å². The summed E-state index contributed by atoms with van der Waals surface area (Å²) < 4.78 is 15.7. The summed E-state index contributed by atoms with van der Waals surface area (Å²) in [6.07, 6.45) is 1.75. The normalized spacial score (nSPS) is 10.6. The Kier molecular flexibility index (Phi) is 4.04. The molecule has 0 bridgehead atoms. The number of aromatic nitrogens is 2. The van der Waals surface area contributed by atoms with Gasteiger partial charge in [0.2, 0.25) is 0 Å². The van der Waals surface area contributed by atoms with Crippen molar-refractivity contribution in [2.24, 2.45) is 0 Å². The maximum absolute atomic E-state index is 13.8.